The number of fused-ring (bicyclic) bond motifs is 1. The van der Waals surface area contributed by atoms with Crippen LogP contribution in [-0.2, 0) is 17.8 Å². The van der Waals surface area contributed by atoms with Gasteiger partial charge in [0.15, 0.2) is 5.60 Å². The van der Waals surface area contributed by atoms with E-state index in [9.17, 15) is 14.3 Å². The molecule has 1 N–H and O–H groups in total. The lowest BCUT2D eigenvalue weighted by molar-refractivity contribution is -0.0592. The quantitative estimate of drug-likeness (QED) is 0.445. The Kier molecular flexibility index (Phi) is 7.11. The number of ether oxygens (including phenoxy) is 2. The Morgan fingerprint density at radius 3 is 2.71 bits per heavy atom. The molecule has 4 heterocycles. The zero-order valence-corrected chi connectivity index (χ0v) is 22.1. The predicted molar refractivity (Wildman–Crippen MR) is 142 cm³/mol. The Balaban J connectivity index is 1.32. The first kappa shape index (κ1) is 26.1. The molecular weight excluding hydrogens is 489 g/mol. The van der Waals surface area contributed by atoms with E-state index in [1.54, 1.807) is 38.1 Å². The number of aromatic nitrogens is 3. The van der Waals surface area contributed by atoms with Crippen molar-refractivity contribution in [3.8, 4) is 5.88 Å². The summed E-state index contributed by atoms with van der Waals surface area (Å²) in [5, 5.41) is 9.49. The molecule has 202 valence electrons. The number of hydrogen-bond donors (Lipinski definition) is 1. The molecule has 9 nitrogen and oxygen atoms in total. The van der Waals surface area contributed by atoms with Gasteiger partial charge in [-0.05, 0) is 51.5 Å². The number of rotatable bonds is 9. The Bertz CT molecular complexity index is 1350. The minimum Gasteiger partial charge on any atom is -0.478 e. The fourth-order valence-corrected chi connectivity index (χ4v) is 4.84. The second-order valence-corrected chi connectivity index (χ2v) is 10.5. The van der Waals surface area contributed by atoms with Crippen molar-refractivity contribution in [2.45, 2.75) is 58.0 Å². The molecule has 10 heteroatoms. The van der Waals surface area contributed by atoms with Crippen LogP contribution in [0, 0.1) is 0 Å². The normalized spacial score (nSPS) is 20.4. The van der Waals surface area contributed by atoms with Gasteiger partial charge in [-0.25, -0.2) is 14.2 Å². The fourth-order valence-electron chi connectivity index (χ4n) is 4.84. The van der Waals surface area contributed by atoms with Crippen molar-refractivity contribution in [1.82, 2.24) is 19.4 Å². The molecular formula is C28H34FN5O4. The molecule has 2 aliphatic rings. The number of halogens is 1. The summed E-state index contributed by atoms with van der Waals surface area (Å²) >= 11 is 0. The molecule has 2 fully saturated rings. The molecule has 2 atom stereocenters. The van der Waals surface area contributed by atoms with Crippen LogP contribution < -0.4 is 9.64 Å². The third-order valence-corrected chi connectivity index (χ3v) is 7.41. The number of aromatic carboxylic acids is 1. The molecule has 3 aromatic rings. The van der Waals surface area contributed by atoms with Gasteiger partial charge in [0.1, 0.15) is 17.5 Å². The highest BCUT2D eigenvalue weighted by Gasteiger charge is 2.29. The first-order chi connectivity index (χ1) is 18.1. The van der Waals surface area contributed by atoms with Gasteiger partial charge in [0.05, 0.1) is 35.8 Å². The third kappa shape index (κ3) is 5.37. The summed E-state index contributed by atoms with van der Waals surface area (Å²) in [5.41, 5.74) is 0.704. The Morgan fingerprint density at radius 1 is 1.26 bits per heavy atom. The molecule has 38 heavy (non-hydrogen) atoms. The van der Waals surface area contributed by atoms with Crippen molar-refractivity contribution in [3.63, 3.8) is 0 Å². The van der Waals surface area contributed by atoms with Crippen molar-refractivity contribution in [2.75, 3.05) is 31.1 Å². The summed E-state index contributed by atoms with van der Waals surface area (Å²) in [4.78, 5) is 25.7. The molecule has 0 amide bonds. The number of anilines is 1. The lowest BCUT2D eigenvalue weighted by Gasteiger charge is -2.40. The first-order valence-electron chi connectivity index (χ1n) is 12.9. The molecule has 0 aliphatic carbocycles. The van der Waals surface area contributed by atoms with Gasteiger partial charge in [0, 0.05) is 38.3 Å². The number of nitrogens with zero attached hydrogens (tertiary/aromatic N) is 5. The van der Waals surface area contributed by atoms with E-state index in [1.165, 1.54) is 0 Å². The van der Waals surface area contributed by atoms with Crippen LogP contribution in [0.1, 0.15) is 43.4 Å². The molecule has 0 spiro atoms. The van der Waals surface area contributed by atoms with Crippen LogP contribution in [0.4, 0.5) is 10.2 Å². The van der Waals surface area contributed by atoms with Gasteiger partial charge in [0.25, 0.3) is 0 Å². The Hall–Kier alpha value is -3.50. The van der Waals surface area contributed by atoms with E-state index in [1.807, 2.05) is 12.1 Å². The maximum absolute atomic E-state index is 13.7. The molecule has 0 bridgehead atoms. The van der Waals surface area contributed by atoms with Gasteiger partial charge < -0.3 is 24.0 Å². The summed E-state index contributed by atoms with van der Waals surface area (Å²) < 4.78 is 27.3. The van der Waals surface area contributed by atoms with Crippen LogP contribution in [-0.4, -0.2) is 74.5 Å². The molecule has 2 aliphatic heterocycles. The van der Waals surface area contributed by atoms with Crippen LogP contribution in [0.15, 0.2) is 48.8 Å². The Labute approximate surface area is 221 Å². The zero-order chi connectivity index (χ0) is 27.0. The van der Waals surface area contributed by atoms with E-state index in [0.29, 0.717) is 19.0 Å². The van der Waals surface area contributed by atoms with E-state index >= 15 is 0 Å². The minimum absolute atomic E-state index is 0.119. The van der Waals surface area contributed by atoms with Gasteiger partial charge in [-0.15, -0.1) is 0 Å². The molecule has 0 radical (unpaired) electrons. The maximum Gasteiger partial charge on any atom is 0.335 e. The van der Waals surface area contributed by atoms with E-state index < -0.39 is 17.4 Å². The number of piperazine rings is 1. The summed E-state index contributed by atoms with van der Waals surface area (Å²) in [6.07, 6.45) is 1.10. The number of carbonyl (C=O) groups is 1. The summed E-state index contributed by atoms with van der Waals surface area (Å²) in [7, 11) is 0. The molecule has 1 aromatic carbocycles. The minimum atomic E-state index is -1.15. The van der Waals surface area contributed by atoms with Crippen molar-refractivity contribution < 1.29 is 23.8 Å². The van der Waals surface area contributed by atoms with Crippen molar-refractivity contribution in [1.29, 1.82) is 0 Å². The smallest absolute Gasteiger partial charge is 0.335 e. The number of hydrogen-bond acceptors (Lipinski definition) is 7. The lowest BCUT2D eigenvalue weighted by atomic mass is 10.1. The van der Waals surface area contributed by atoms with Gasteiger partial charge in [-0.2, -0.15) is 4.98 Å². The average Bonchev–Trinajstić information content (AvgIpc) is 3.18. The highest BCUT2D eigenvalue weighted by molar-refractivity contribution is 5.92. The van der Waals surface area contributed by atoms with E-state index in [2.05, 4.69) is 32.9 Å². The average molecular weight is 524 g/mol. The van der Waals surface area contributed by atoms with Crippen LogP contribution in [0.5, 0.6) is 5.88 Å². The largest absolute Gasteiger partial charge is 0.478 e. The van der Waals surface area contributed by atoms with Crippen LogP contribution in [0.3, 0.4) is 0 Å². The number of pyridine rings is 1. The number of benzene rings is 1. The van der Waals surface area contributed by atoms with Gasteiger partial charge >= 0.3 is 5.97 Å². The standard InChI is InChI=1S/C28H34FN5O4/c1-18-15-33(24-6-5-7-26(31-24)38-28(3,4)19(2)29)12-11-32(18)17-25-30-22-9-8-20(27(35)36)14-23(22)34(25)16-21-10-13-37-21/h5-9,14,18,21H,2,10-13,15-17H2,1,3-4H3,(H,35,36)/t18-,21-/m0/s1. The summed E-state index contributed by atoms with van der Waals surface area (Å²) in [6, 6.07) is 10.8. The van der Waals surface area contributed by atoms with Gasteiger partial charge in [-0.1, -0.05) is 12.6 Å². The van der Waals surface area contributed by atoms with E-state index in [0.717, 1.165) is 55.3 Å². The maximum atomic E-state index is 13.7. The van der Waals surface area contributed by atoms with Crippen LogP contribution in [0.25, 0.3) is 11.0 Å². The molecule has 2 aromatic heterocycles. The van der Waals surface area contributed by atoms with Crippen LogP contribution in [0.2, 0.25) is 0 Å². The highest BCUT2D eigenvalue weighted by Crippen LogP contribution is 2.27. The molecule has 2 saturated heterocycles. The number of imidazole rings is 1. The van der Waals surface area contributed by atoms with Crippen molar-refractivity contribution in [2.24, 2.45) is 0 Å². The monoisotopic (exact) mass is 523 g/mol. The second kappa shape index (κ2) is 10.3. The lowest BCUT2D eigenvalue weighted by Crippen LogP contribution is -2.52. The topological polar surface area (TPSA) is 93.0 Å². The molecule has 0 saturated carbocycles. The fraction of sp³-hybridized carbons (Fsp3) is 0.464. The van der Waals surface area contributed by atoms with E-state index in [-0.39, 0.29) is 17.7 Å². The Morgan fingerprint density at radius 2 is 2.05 bits per heavy atom. The van der Waals surface area contributed by atoms with Gasteiger partial charge in [0.2, 0.25) is 5.88 Å². The first-order valence-corrected chi connectivity index (χ1v) is 12.9. The molecule has 0 unspecified atom stereocenters. The second-order valence-electron chi connectivity index (χ2n) is 10.5. The SMILES string of the molecule is C=C(F)C(C)(C)Oc1cccc(N2CCN(Cc3nc4ccc(C(=O)O)cc4n3C[C@@H]3CCO3)[C@@H](C)C2)n1. The van der Waals surface area contributed by atoms with Crippen molar-refractivity contribution >= 4 is 22.8 Å². The highest BCUT2D eigenvalue weighted by atomic mass is 19.1. The van der Waals surface area contributed by atoms with E-state index in [4.69, 9.17) is 14.5 Å². The van der Waals surface area contributed by atoms with Crippen LogP contribution >= 0.6 is 0 Å². The number of carboxylic acid groups (broad SMARTS) is 1. The summed E-state index contributed by atoms with van der Waals surface area (Å²) in [5.74, 6) is 0.535. The zero-order valence-electron chi connectivity index (χ0n) is 22.1. The molecule has 5 rings (SSSR count). The summed E-state index contributed by atoms with van der Waals surface area (Å²) in [6.45, 7) is 13.1. The number of carboxylic acids is 1. The predicted octanol–water partition coefficient (Wildman–Crippen LogP) is 4.27. The van der Waals surface area contributed by atoms with Gasteiger partial charge in [-0.3, -0.25) is 4.90 Å². The third-order valence-electron chi connectivity index (χ3n) is 7.41. The van der Waals surface area contributed by atoms with Crippen molar-refractivity contribution in [3.05, 3.63) is 60.2 Å².